The maximum atomic E-state index is 16.7. The molecule has 2 N–H and O–H groups in total. The molecule has 15 heteroatoms. The Balaban J connectivity index is 1.54. The monoisotopic (exact) mass is 662 g/mol. The van der Waals surface area contributed by atoms with Gasteiger partial charge in [0.2, 0.25) is 5.92 Å². The summed E-state index contributed by atoms with van der Waals surface area (Å²) in [6.07, 6.45) is -1.15. The number of amides is 2. The molecule has 0 radical (unpaired) electrons. The van der Waals surface area contributed by atoms with Crippen molar-refractivity contribution in [3.63, 3.8) is 0 Å². The molecule has 3 aromatic rings. The third kappa shape index (κ3) is 7.23. The molecule has 1 aromatic carbocycles. The molecule has 1 saturated heterocycles. The molecule has 2 fully saturated rings. The number of benzene rings is 1. The van der Waals surface area contributed by atoms with Gasteiger partial charge in [0.25, 0.3) is 5.91 Å². The first-order chi connectivity index (χ1) is 21.8. The number of hydrogen-bond donors (Lipinski definition) is 2. The number of nitrogens with zero attached hydrogens (tertiary/aromatic N) is 4. The number of halogens is 3. The Bertz CT molecular complexity index is 1670. The third-order valence-corrected chi connectivity index (χ3v) is 8.52. The Morgan fingerprint density at radius 3 is 2.30 bits per heavy atom. The fraction of sp³-hybridized carbons (Fsp3) is 0.625. The summed E-state index contributed by atoms with van der Waals surface area (Å²) in [6.45, 7) is 11.7. The molecule has 2 aromatic heterocycles. The van der Waals surface area contributed by atoms with E-state index < -0.39 is 58.3 Å². The zero-order valence-electron chi connectivity index (χ0n) is 27.6. The predicted molar refractivity (Wildman–Crippen MR) is 162 cm³/mol. The Labute approximate surface area is 270 Å². The van der Waals surface area contributed by atoms with E-state index in [1.54, 1.807) is 47.6 Å². The van der Waals surface area contributed by atoms with E-state index in [1.165, 1.54) is 17.9 Å². The number of ether oxygens (including phenoxy) is 2. The highest BCUT2D eigenvalue weighted by atomic mass is 19.3. The Morgan fingerprint density at radius 1 is 1.04 bits per heavy atom. The molecule has 12 nitrogen and oxygen atoms in total. The number of nitrogens with one attached hydrogen (secondary N) is 2. The molecule has 256 valence electrons. The molecule has 5 rings (SSSR count). The van der Waals surface area contributed by atoms with E-state index >= 15 is 4.39 Å². The molecule has 3 heterocycles. The molecule has 2 unspecified atom stereocenters. The van der Waals surface area contributed by atoms with Crippen molar-refractivity contribution in [2.24, 2.45) is 5.92 Å². The third-order valence-electron chi connectivity index (χ3n) is 8.52. The fourth-order valence-electron chi connectivity index (χ4n) is 6.19. The minimum absolute atomic E-state index is 0.00875. The molecule has 2 aliphatic rings. The Morgan fingerprint density at radius 2 is 1.70 bits per heavy atom. The first-order valence-electron chi connectivity index (χ1n) is 15.7. The molecule has 47 heavy (non-hydrogen) atoms. The number of aromatic nitrogens is 4. The average Bonchev–Trinajstić information content (AvgIpc) is 3.69. The standard InChI is InChI=1S/C32H41F3N6O6/c1-17-22(40-47-39-17)26(42)38-23(18-10-12-32(34,35)13-11-18)25-36-20-9-8-19(21(33)24(20)37-25)31(27(43)45-29(2,3)4)14-15-41(16-31)28(44)46-30(5,6)7/h8-9,18,23H,10-16H2,1-7H3,(H,36,37)(H,38,42). The zero-order chi connectivity index (χ0) is 34.5. The van der Waals surface area contributed by atoms with Crippen LogP contribution in [0.2, 0.25) is 0 Å². The topological polar surface area (TPSA) is 153 Å². The van der Waals surface area contributed by atoms with Gasteiger partial charge in [-0.1, -0.05) is 11.2 Å². The highest BCUT2D eigenvalue weighted by Crippen LogP contribution is 2.43. The smallest absolute Gasteiger partial charge is 0.410 e. The first kappa shape index (κ1) is 34.2. The SMILES string of the molecule is Cc1nonc1C(=O)NC(c1nc2c(F)c(C3(C(=O)OC(C)(C)C)CCN(C(=O)OC(C)(C)C)C3)ccc2[nH]1)C1CCC(F)(F)CC1. The van der Waals surface area contributed by atoms with Crippen LogP contribution in [0.15, 0.2) is 16.8 Å². The number of likely N-dealkylation sites (tertiary alicyclic amines) is 1. The van der Waals surface area contributed by atoms with Gasteiger partial charge < -0.3 is 24.7 Å². The van der Waals surface area contributed by atoms with Gasteiger partial charge in [0.1, 0.15) is 33.7 Å². The van der Waals surface area contributed by atoms with Crippen molar-refractivity contribution in [3.8, 4) is 0 Å². The van der Waals surface area contributed by atoms with Crippen molar-refractivity contribution < 1.29 is 41.7 Å². The van der Waals surface area contributed by atoms with Crippen LogP contribution < -0.4 is 5.32 Å². The van der Waals surface area contributed by atoms with E-state index in [9.17, 15) is 23.2 Å². The van der Waals surface area contributed by atoms with Crippen molar-refractivity contribution in [1.29, 1.82) is 0 Å². The number of aromatic amines is 1. The van der Waals surface area contributed by atoms with E-state index in [-0.39, 0.29) is 79.0 Å². The van der Waals surface area contributed by atoms with Crippen LogP contribution >= 0.6 is 0 Å². The second-order valence-corrected chi connectivity index (χ2v) is 14.5. The second kappa shape index (κ2) is 12.1. The number of carbonyl (C=O) groups is 3. The molecule has 2 atom stereocenters. The molecule has 1 aliphatic carbocycles. The quantitative estimate of drug-likeness (QED) is 0.307. The molecule has 0 bridgehead atoms. The molecular weight excluding hydrogens is 621 g/mol. The van der Waals surface area contributed by atoms with Gasteiger partial charge in [-0.25, -0.2) is 27.6 Å². The lowest BCUT2D eigenvalue weighted by Gasteiger charge is -2.33. The van der Waals surface area contributed by atoms with Gasteiger partial charge in [-0.3, -0.25) is 9.59 Å². The number of rotatable bonds is 6. The minimum atomic E-state index is -2.82. The van der Waals surface area contributed by atoms with Crippen LogP contribution in [-0.2, 0) is 19.7 Å². The number of hydrogen-bond acceptors (Lipinski definition) is 9. The Kier molecular flexibility index (Phi) is 8.82. The molecule has 1 saturated carbocycles. The van der Waals surface area contributed by atoms with Gasteiger partial charge in [-0.15, -0.1) is 0 Å². The van der Waals surface area contributed by atoms with Crippen LogP contribution in [0.1, 0.15) is 107 Å². The van der Waals surface area contributed by atoms with E-state index in [2.05, 4.69) is 30.2 Å². The van der Waals surface area contributed by atoms with Crippen LogP contribution in [0.5, 0.6) is 0 Å². The summed E-state index contributed by atoms with van der Waals surface area (Å²) in [7, 11) is 0. The fourth-order valence-corrected chi connectivity index (χ4v) is 6.19. The van der Waals surface area contributed by atoms with Crippen LogP contribution in [0, 0.1) is 18.7 Å². The number of fused-ring (bicyclic) bond motifs is 1. The lowest BCUT2D eigenvalue weighted by molar-refractivity contribution is -0.161. The van der Waals surface area contributed by atoms with Crippen LogP contribution in [0.3, 0.4) is 0 Å². The van der Waals surface area contributed by atoms with Gasteiger partial charge >= 0.3 is 12.1 Å². The zero-order valence-corrected chi connectivity index (χ0v) is 27.6. The Hall–Kier alpha value is -4.17. The summed E-state index contributed by atoms with van der Waals surface area (Å²) in [5.41, 5.74) is -2.95. The maximum Gasteiger partial charge on any atom is 0.410 e. The maximum absolute atomic E-state index is 16.7. The van der Waals surface area contributed by atoms with E-state index in [1.807, 2.05) is 0 Å². The van der Waals surface area contributed by atoms with Crippen molar-refractivity contribution in [1.82, 2.24) is 30.5 Å². The van der Waals surface area contributed by atoms with Gasteiger partial charge in [0.15, 0.2) is 11.5 Å². The lowest BCUT2D eigenvalue weighted by Crippen LogP contribution is -2.45. The van der Waals surface area contributed by atoms with Crippen molar-refractivity contribution in [2.75, 3.05) is 13.1 Å². The summed E-state index contributed by atoms with van der Waals surface area (Å²) >= 11 is 0. The molecule has 2 amide bonds. The number of esters is 1. The molecular formula is C32H41F3N6O6. The normalized spacial score (nSPS) is 21.1. The van der Waals surface area contributed by atoms with Gasteiger partial charge in [-0.2, -0.15) is 0 Å². The first-order valence-corrected chi connectivity index (χ1v) is 15.7. The van der Waals surface area contributed by atoms with Gasteiger partial charge in [0.05, 0.1) is 11.6 Å². The number of imidazole rings is 1. The number of H-pyrrole nitrogens is 1. The molecule has 0 spiro atoms. The summed E-state index contributed by atoms with van der Waals surface area (Å²) in [4.78, 5) is 48.9. The van der Waals surface area contributed by atoms with Crippen LogP contribution in [0.25, 0.3) is 11.0 Å². The summed E-state index contributed by atoms with van der Waals surface area (Å²) < 4.78 is 60.8. The summed E-state index contributed by atoms with van der Waals surface area (Å²) in [5, 5.41) is 10.1. The van der Waals surface area contributed by atoms with Crippen LogP contribution in [-0.4, -0.2) is 73.4 Å². The van der Waals surface area contributed by atoms with E-state index in [4.69, 9.17) is 9.47 Å². The number of aryl methyl sites for hydroxylation is 1. The number of carbonyl (C=O) groups excluding carboxylic acids is 3. The summed E-state index contributed by atoms with van der Waals surface area (Å²) in [6, 6.07) is 2.12. The molecule has 1 aliphatic heterocycles. The second-order valence-electron chi connectivity index (χ2n) is 14.5. The minimum Gasteiger partial charge on any atom is -0.459 e. The van der Waals surface area contributed by atoms with Gasteiger partial charge in [-0.05, 0) is 84.9 Å². The van der Waals surface area contributed by atoms with Crippen LogP contribution in [0.4, 0.5) is 18.0 Å². The lowest BCUT2D eigenvalue weighted by atomic mass is 9.79. The largest absolute Gasteiger partial charge is 0.459 e. The van der Waals surface area contributed by atoms with Gasteiger partial charge in [0, 0.05) is 31.5 Å². The van der Waals surface area contributed by atoms with E-state index in [0.717, 1.165) is 0 Å². The van der Waals surface area contributed by atoms with E-state index in [0.29, 0.717) is 0 Å². The van der Waals surface area contributed by atoms with Crippen molar-refractivity contribution in [3.05, 3.63) is 40.7 Å². The predicted octanol–water partition coefficient (Wildman–Crippen LogP) is 5.91. The average molecular weight is 663 g/mol. The summed E-state index contributed by atoms with van der Waals surface area (Å²) in [5.74, 6) is -5.27. The van der Waals surface area contributed by atoms with Crippen molar-refractivity contribution >= 4 is 29.0 Å². The van der Waals surface area contributed by atoms with Crippen molar-refractivity contribution in [2.45, 2.75) is 109 Å². The highest BCUT2D eigenvalue weighted by Gasteiger charge is 2.52. The number of alkyl halides is 2. The highest BCUT2D eigenvalue weighted by molar-refractivity contribution is 5.93.